The number of pyridine rings is 1. The highest BCUT2D eigenvalue weighted by atomic mass is 16.1. The van der Waals surface area contributed by atoms with Crippen LogP contribution in [0.2, 0.25) is 0 Å². The Kier molecular flexibility index (Phi) is 3.89. The van der Waals surface area contributed by atoms with Gasteiger partial charge in [0.1, 0.15) is 16.9 Å². The first-order valence-electron chi connectivity index (χ1n) is 10.9. The van der Waals surface area contributed by atoms with Crippen LogP contribution in [-0.4, -0.2) is 36.3 Å². The molecule has 0 aliphatic heterocycles. The molecule has 0 bridgehead atoms. The van der Waals surface area contributed by atoms with Crippen molar-refractivity contribution in [2.45, 2.75) is 6.04 Å². The molecule has 34 heavy (non-hydrogen) atoms. The second kappa shape index (κ2) is 7.08. The SMILES string of the molecule is O=C(NC1c2ccccc2-c2c(-c3nc4ccncc4[nH]3)cccc21)c1ccc2n[nH]nc2c1. The monoisotopic (exact) mass is 443 g/mol. The van der Waals surface area contributed by atoms with Gasteiger partial charge >= 0.3 is 0 Å². The number of benzene rings is 3. The van der Waals surface area contributed by atoms with E-state index in [-0.39, 0.29) is 11.9 Å². The number of rotatable bonds is 3. The van der Waals surface area contributed by atoms with Crippen molar-refractivity contribution >= 4 is 28.0 Å². The number of fused-ring (bicyclic) bond motifs is 5. The maximum Gasteiger partial charge on any atom is 0.252 e. The molecule has 0 spiro atoms. The van der Waals surface area contributed by atoms with Crippen LogP contribution in [0.5, 0.6) is 0 Å². The minimum absolute atomic E-state index is 0.169. The molecule has 7 rings (SSSR count). The molecule has 1 unspecified atom stereocenters. The maximum atomic E-state index is 13.3. The van der Waals surface area contributed by atoms with Gasteiger partial charge in [-0.3, -0.25) is 9.78 Å². The number of hydrogen-bond donors (Lipinski definition) is 3. The molecule has 1 amide bonds. The van der Waals surface area contributed by atoms with Gasteiger partial charge in [0, 0.05) is 17.3 Å². The summed E-state index contributed by atoms with van der Waals surface area (Å²) in [7, 11) is 0. The van der Waals surface area contributed by atoms with Crippen molar-refractivity contribution in [2.75, 3.05) is 0 Å². The fourth-order valence-corrected chi connectivity index (χ4v) is 4.79. The van der Waals surface area contributed by atoms with Gasteiger partial charge < -0.3 is 10.3 Å². The average Bonchev–Trinajstić information content (AvgIpc) is 3.59. The van der Waals surface area contributed by atoms with Crippen LogP contribution in [0.4, 0.5) is 0 Å². The van der Waals surface area contributed by atoms with Crippen LogP contribution in [0.25, 0.3) is 44.6 Å². The Morgan fingerprint density at radius 2 is 1.71 bits per heavy atom. The number of aromatic nitrogens is 6. The number of H-pyrrole nitrogens is 2. The number of nitrogens with one attached hydrogen (secondary N) is 3. The van der Waals surface area contributed by atoms with Gasteiger partial charge in [-0.2, -0.15) is 15.4 Å². The molecule has 3 heterocycles. The predicted molar refractivity (Wildman–Crippen MR) is 128 cm³/mol. The Balaban J connectivity index is 1.34. The molecular formula is C26H17N7O. The van der Waals surface area contributed by atoms with Crippen molar-refractivity contribution in [3.8, 4) is 22.5 Å². The summed E-state index contributed by atoms with van der Waals surface area (Å²) in [6.45, 7) is 0. The lowest BCUT2D eigenvalue weighted by Crippen LogP contribution is -2.28. The Bertz CT molecular complexity index is 1700. The van der Waals surface area contributed by atoms with Crippen LogP contribution in [0.15, 0.2) is 79.1 Å². The number of carbonyl (C=O) groups is 1. The predicted octanol–water partition coefficient (Wildman–Crippen LogP) is 4.40. The van der Waals surface area contributed by atoms with E-state index in [9.17, 15) is 4.79 Å². The van der Waals surface area contributed by atoms with Crippen molar-refractivity contribution < 1.29 is 4.79 Å². The van der Waals surface area contributed by atoms with Gasteiger partial charge in [0.2, 0.25) is 0 Å². The number of aromatic amines is 2. The summed E-state index contributed by atoms with van der Waals surface area (Å²) >= 11 is 0. The van der Waals surface area contributed by atoms with Crippen molar-refractivity contribution in [2.24, 2.45) is 0 Å². The van der Waals surface area contributed by atoms with Gasteiger partial charge in [-0.05, 0) is 46.5 Å². The minimum atomic E-state index is -0.280. The number of carbonyl (C=O) groups excluding carboxylic acids is 1. The second-order valence-electron chi connectivity index (χ2n) is 8.27. The van der Waals surface area contributed by atoms with Crippen LogP contribution in [0, 0.1) is 0 Å². The molecule has 0 saturated carbocycles. The summed E-state index contributed by atoms with van der Waals surface area (Å²) in [6, 6.07) is 21.2. The molecule has 1 aliphatic carbocycles. The number of hydrogen-bond acceptors (Lipinski definition) is 5. The first-order valence-corrected chi connectivity index (χ1v) is 10.9. The van der Waals surface area contributed by atoms with Crippen molar-refractivity contribution in [3.63, 3.8) is 0 Å². The van der Waals surface area contributed by atoms with Crippen LogP contribution in [-0.2, 0) is 0 Å². The Labute approximate surface area is 193 Å². The molecule has 8 heteroatoms. The highest BCUT2D eigenvalue weighted by Crippen LogP contribution is 2.47. The molecule has 162 valence electrons. The number of imidazole rings is 1. The lowest BCUT2D eigenvalue weighted by Gasteiger charge is -2.16. The van der Waals surface area contributed by atoms with E-state index < -0.39 is 0 Å². The minimum Gasteiger partial charge on any atom is -0.341 e. The third-order valence-electron chi connectivity index (χ3n) is 6.34. The molecule has 3 N–H and O–H groups in total. The van der Waals surface area contributed by atoms with Crippen LogP contribution >= 0.6 is 0 Å². The van der Waals surface area contributed by atoms with Gasteiger partial charge in [0.25, 0.3) is 5.91 Å². The Morgan fingerprint density at radius 3 is 2.65 bits per heavy atom. The van der Waals surface area contributed by atoms with E-state index >= 15 is 0 Å². The van der Waals surface area contributed by atoms with E-state index in [2.05, 4.69) is 55.0 Å². The molecule has 3 aromatic heterocycles. The zero-order valence-electron chi connectivity index (χ0n) is 17.8. The number of amides is 1. The molecular weight excluding hydrogens is 426 g/mol. The second-order valence-corrected chi connectivity index (χ2v) is 8.27. The third kappa shape index (κ3) is 2.75. The summed E-state index contributed by atoms with van der Waals surface area (Å²) in [6.07, 6.45) is 3.51. The van der Waals surface area contributed by atoms with Crippen LogP contribution in [0.3, 0.4) is 0 Å². The van der Waals surface area contributed by atoms with E-state index in [0.29, 0.717) is 11.1 Å². The number of nitrogens with zero attached hydrogens (tertiary/aromatic N) is 4. The van der Waals surface area contributed by atoms with E-state index in [1.54, 1.807) is 30.6 Å². The van der Waals surface area contributed by atoms with Gasteiger partial charge in [-0.1, -0.05) is 42.5 Å². The highest BCUT2D eigenvalue weighted by Gasteiger charge is 2.32. The van der Waals surface area contributed by atoms with Gasteiger partial charge in [-0.15, -0.1) is 0 Å². The standard InChI is InChI=1S/C26H17N7O/c34-26(14-8-9-20-21(12-14)32-33-31-20)30-24-16-5-2-1-4-15(16)23-17(24)6-3-7-18(23)25-28-19-10-11-27-13-22(19)29-25/h1-13,24H,(H,28,29)(H,30,34)(H,31,32,33). The first kappa shape index (κ1) is 18.7. The third-order valence-corrected chi connectivity index (χ3v) is 6.34. The zero-order chi connectivity index (χ0) is 22.6. The fraction of sp³-hybridized carbons (Fsp3) is 0.0385. The molecule has 3 aromatic carbocycles. The highest BCUT2D eigenvalue weighted by molar-refractivity contribution is 5.99. The van der Waals surface area contributed by atoms with Gasteiger partial charge in [0.15, 0.2) is 0 Å². The van der Waals surface area contributed by atoms with Crippen molar-refractivity contribution in [1.82, 2.24) is 35.7 Å². The Morgan fingerprint density at radius 1 is 0.853 bits per heavy atom. The summed E-state index contributed by atoms with van der Waals surface area (Å²) in [5, 5.41) is 14.0. The lowest BCUT2D eigenvalue weighted by molar-refractivity contribution is 0.0944. The lowest BCUT2D eigenvalue weighted by atomic mass is 9.98. The van der Waals surface area contributed by atoms with Crippen LogP contribution < -0.4 is 5.32 Å². The van der Waals surface area contributed by atoms with Gasteiger partial charge in [0.05, 0.1) is 23.3 Å². The average molecular weight is 443 g/mol. The molecule has 1 atom stereocenters. The van der Waals surface area contributed by atoms with E-state index in [0.717, 1.165) is 50.2 Å². The molecule has 6 aromatic rings. The summed E-state index contributed by atoms with van der Waals surface area (Å²) in [4.78, 5) is 25.6. The molecule has 0 saturated heterocycles. The maximum absolute atomic E-state index is 13.3. The van der Waals surface area contributed by atoms with E-state index in [1.165, 1.54) is 0 Å². The molecule has 1 aliphatic rings. The largest absolute Gasteiger partial charge is 0.341 e. The first-order chi connectivity index (χ1) is 16.8. The smallest absolute Gasteiger partial charge is 0.252 e. The fourth-order valence-electron chi connectivity index (χ4n) is 4.79. The van der Waals surface area contributed by atoms with Gasteiger partial charge in [-0.25, -0.2) is 4.98 Å². The molecule has 8 nitrogen and oxygen atoms in total. The zero-order valence-corrected chi connectivity index (χ0v) is 17.8. The van der Waals surface area contributed by atoms with E-state index in [4.69, 9.17) is 4.98 Å². The van der Waals surface area contributed by atoms with Crippen molar-refractivity contribution in [3.05, 3.63) is 95.8 Å². The summed E-state index contributed by atoms with van der Waals surface area (Å²) in [5.74, 6) is 0.607. The van der Waals surface area contributed by atoms with E-state index in [1.807, 2.05) is 24.3 Å². The van der Waals surface area contributed by atoms with Crippen molar-refractivity contribution in [1.29, 1.82) is 0 Å². The Hall–Kier alpha value is -4.85. The van der Waals surface area contributed by atoms with Crippen LogP contribution in [0.1, 0.15) is 27.5 Å². The summed E-state index contributed by atoms with van der Waals surface area (Å²) in [5.41, 5.74) is 8.89. The summed E-state index contributed by atoms with van der Waals surface area (Å²) < 4.78 is 0. The topological polar surface area (TPSA) is 112 Å². The quantitative estimate of drug-likeness (QED) is 0.375. The normalized spacial score (nSPS) is 14.3. The molecule has 0 fully saturated rings. The molecule has 0 radical (unpaired) electrons.